The first-order valence-corrected chi connectivity index (χ1v) is 12.4. The average molecular weight is 512 g/mol. The Kier molecular flexibility index (Phi) is 6.96. The Balaban J connectivity index is 1.47. The van der Waals surface area contributed by atoms with E-state index < -0.39 is 11.9 Å². The standard InChI is InChI=1S/C25H22BrNO4S/c26-14-18-8-6-16(7-9-18)10-11-19-15-32-24-21(23(29)27(24)22(19)25(30)31)13-20(28)12-17-4-2-1-3-5-17/h1-11,21,24H,12-15H2,(H,30,31)/b11-10+. The quantitative estimate of drug-likeness (QED) is 0.411. The van der Waals surface area contributed by atoms with Crippen molar-refractivity contribution in [3.63, 3.8) is 0 Å². The minimum absolute atomic E-state index is 0.00623. The van der Waals surface area contributed by atoms with Gasteiger partial charge in [0.2, 0.25) is 5.91 Å². The van der Waals surface area contributed by atoms with Crippen molar-refractivity contribution >= 4 is 51.4 Å². The minimum Gasteiger partial charge on any atom is -0.477 e. The second-order valence-electron chi connectivity index (χ2n) is 7.81. The van der Waals surface area contributed by atoms with Crippen LogP contribution in [0.4, 0.5) is 0 Å². The third-order valence-corrected chi connectivity index (χ3v) is 7.62. The van der Waals surface area contributed by atoms with Crippen LogP contribution >= 0.6 is 27.7 Å². The highest BCUT2D eigenvalue weighted by Crippen LogP contribution is 2.45. The van der Waals surface area contributed by atoms with Crippen LogP contribution in [-0.2, 0) is 26.1 Å². The molecule has 1 amide bonds. The maximum atomic E-state index is 12.8. The normalized spacial score (nSPS) is 20.3. The highest BCUT2D eigenvalue weighted by atomic mass is 79.9. The summed E-state index contributed by atoms with van der Waals surface area (Å²) in [7, 11) is 0. The van der Waals surface area contributed by atoms with Crippen LogP contribution in [0.1, 0.15) is 23.1 Å². The van der Waals surface area contributed by atoms with Crippen LogP contribution in [0.25, 0.3) is 6.08 Å². The molecule has 2 atom stereocenters. The number of hydrogen-bond acceptors (Lipinski definition) is 4. The van der Waals surface area contributed by atoms with Crippen LogP contribution in [0.2, 0.25) is 0 Å². The molecule has 1 N–H and O–H groups in total. The third-order valence-electron chi connectivity index (χ3n) is 5.61. The number of nitrogens with zero attached hydrogens (tertiary/aromatic N) is 1. The zero-order chi connectivity index (χ0) is 22.7. The van der Waals surface area contributed by atoms with Gasteiger partial charge in [-0.25, -0.2) is 4.79 Å². The summed E-state index contributed by atoms with van der Waals surface area (Å²) in [5.41, 5.74) is 3.66. The molecule has 32 heavy (non-hydrogen) atoms. The Morgan fingerprint density at radius 3 is 2.44 bits per heavy atom. The van der Waals surface area contributed by atoms with Gasteiger partial charge in [0.1, 0.15) is 11.5 Å². The van der Waals surface area contributed by atoms with Crippen molar-refractivity contribution in [3.05, 3.63) is 88.6 Å². The number of carbonyl (C=O) groups excluding carboxylic acids is 2. The highest BCUT2D eigenvalue weighted by molar-refractivity contribution is 9.08. The first-order valence-electron chi connectivity index (χ1n) is 10.3. The molecule has 4 rings (SSSR count). The molecule has 1 saturated heterocycles. The molecule has 0 spiro atoms. The molecule has 164 valence electrons. The molecular weight excluding hydrogens is 490 g/mol. The fourth-order valence-electron chi connectivity index (χ4n) is 3.96. The van der Waals surface area contributed by atoms with Crippen molar-refractivity contribution in [2.24, 2.45) is 5.92 Å². The number of thioether (sulfide) groups is 1. The Labute approximate surface area is 199 Å². The lowest BCUT2D eigenvalue weighted by molar-refractivity contribution is -0.153. The molecule has 2 aliphatic heterocycles. The number of hydrogen-bond donors (Lipinski definition) is 1. The number of ketones is 1. The number of carbonyl (C=O) groups is 3. The third kappa shape index (κ3) is 4.74. The van der Waals surface area contributed by atoms with Crippen molar-refractivity contribution in [2.45, 2.75) is 23.5 Å². The SMILES string of the molecule is O=C(Cc1ccccc1)CC1C(=O)N2C(C(=O)O)=C(/C=C/c3ccc(CBr)cc3)CSC12. The van der Waals surface area contributed by atoms with Crippen molar-refractivity contribution in [2.75, 3.05) is 5.75 Å². The van der Waals surface area contributed by atoms with Crippen molar-refractivity contribution in [1.82, 2.24) is 4.90 Å². The van der Waals surface area contributed by atoms with E-state index in [1.807, 2.05) is 60.7 Å². The van der Waals surface area contributed by atoms with Gasteiger partial charge in [0.25, 0.3) is 0 Å². The predicted molar refractivity (Wildman–Crippen MR) is 129 cm³/mol. The molecule has 0 aliphatic carbocycles. The summed E-state index contributed by atoms with van der Waals surface area (Å²) >= 11 is 4.93. The van der Waals surface area contributed by atoms with Crippen molar-refractivity contribution in [3.8, 4) is 0 Å². The fourth-order valence-corrected chi connectivity index (χ4v) is 5.72. The predicted octanol–water partition coefficient (Wildman–Crippen LogP) is 4.67. The second kappa shape index (κ2) is 9.88. The zero-order valence-corrected chi connectivity index (χ0v) is 19.6. The summed E-state index contributed by atoms with van der Waals surface area (Å²) in [4.78, 5) is 38.7. The number of benzene rings is 2. The molecule has 2 heterocycles. The van der Waals surface area contributed by atoms with E-state index in [9.17, 15) is 19.5 Å². The lowest BCUT2D eigenvalue weighted by Crippen LogP contribution is -2.61. The minimum atomic E-state index is -1.12. The number of halogens is 1. The average Bonchev–Trinajstić information content (AvgIpc) is 2.81. The monoisotopic (exact) mass is 511 g/mol. The lowest BCUT2D eigenvalue weighted by atomic mass is 9.89. The molecule has 0 saturated carbocycles. The van der Waals surface area contributed by atoms with E-state index in [0.717, 1.165) is 22.0 Å². The molecule has 2 aliphatic rings. The Hall–Kier alpha value is -2.64. The Morgan fingerprint density at radius 1 is 1.06 bits per heavy atom. The molecule has 7 heteroatoms. The maximum Gasteiger partial charge on any atom is 0.352 e. The summed E-state index contributed by atoms with van der Waals surface area (Å²) in [6.45, 7) is 0. The summed E-state index contributed by atoms with van der Waals surface area (Å²) in [6, 6.07) is 17.4. The van der Waals surface area contributed by atoms with Gasteiger partial charge < -0.3 is 5.11 Å². The maximum absolute atomic E-state index is 12.8. The van der Waals surface area contributed by atoms with E-state index in [1.165, 1.54) is 16.7 Å². The van der Waals surface area contributed by atoms with E-state index in [-0.39, 0.29) is 35.6 Å². The number of carboxylic acid groups (broad SMARTS) is 1. The van der Waals surface area contributed by atoms with Crippen LogP contribution in [0.5, 0.6) is 0 Å². The van der Waals surface area contributed by atoms with Crippen LogP contribution in [0, 0.1) is 5.92 Å². The molecule has 1 fully saturated rings. The summed E-state index contributed by atoms with van der Waals surface area (Å²) in [5.74, 6) is -1.39. The Bertz CT molecular complexity index is 1090. The zero-order valence-electron chi connectivity index (χ0n) is 17.2. The lowest BCUT2D eigenvalue weighted by Gasteiger charge is -2.49. The van der Waals surface area contributed by atoms with Gasteiger partial charge in [-0.1, -0.05) is 82.7 Å². The number of allylic oxidation sites excluding steroid dienone is 1. The number of β-lactam (4-membered cyclic amide) rings is 1. The van der Waals surface area contributed by atoms with Gasteiger partial charge >= 0.3 is 5.97 Å². The van der Waals surface area contributed by atoms with Crippen LogP contribution < -0.4 is 0 Å². The number of carboxylic acids is 1. The largest absolute Gasteiger partial charge is 0.477 e. The van der Waals surface area contributed by atoms with Gasteiger partial charge in [-0.05, 0) is 22.3 Å². The van der Waals surface area contributed by atoms with Crippen LogP contribution in [-0.4, -0.2) is 38.8 Å². The number of fused-ring (bicyclic) bond motifs is 1. The number of alkyl halides is 1. The van der Waals surface area contributed by atoms with Gasteiger partial charge in [-0.3, -0.25) is 14.5 Å². The highest BCUT2D eigenvalue weighted by Gasteiger charge is 2.53. The molecule has 5 nitrogen and oxygen atoms in total. The Morgan fingerprint density at radius 2 is 1.78 bits per heavy atom. The molecular formula is C25H22BrNO4S. The number of aliphatic carboxylic acids is 1. The van der Waals surface area contributed by atoms with Crippen LogP contribution in [0.3, 0.4) is 0 Å². The van der Waals surface area contributed by atoms with Gasteiger partial charge in [-0.15, -0.1) is 11.8 Å². The van der Waals surface area contributed by atoms with Gasteiger partial charge in [0.05, 0.1) is 11.3 Å². The molecule has 0 aromatic heterocycles. The molecule has 0 radical (unpaired) electrons. The van der Waals surface area contributed by atoms with Gasteiger partial charge in [-0.2, -0.15) is 0 Å². The van der Waals surface area contributed by atoms with Gasteiger partial charge in [0.15, 0.2) is 0 Å². The van der Waals surface area contributed by atoms with E-state index in [4.69, 9.17) is 0 Å². The van der Waals surface area contributed by atoms with E-state index in [2.05, 4.69) is 15.9 Å². The molecule has 2 unspecified atom stereocenters. The van der Waals surface area contributed by atoms with Crippen LogP contribution in [0.15, 0.2) is 71.9 Å². The number of amides is 1. The fraction of sp³-hybridized carbons (Fsp3) is 0.240. The van der Waals surface area contributed by atoms with Crippen molar-refractivity contribution in [1.29, 1.82) is 0 Å². The first kappa shape index (κ1) is 22.6. The smallest absolute Gasteiger partial charge is 0.352 e. The molecule has 2 aromatic carbocycles. The topological polar surface area (TPSA) is 74.7 Å². The summed E-state index contributed by atoms with van der Waals surface area (Å²) in [5, 5.41) is 10.3. The van der Waals surface area contributed by atoms with E-state index in [0.29, 0.717) is 11.3 Å². The number of Topliss-reactive ketones (excluding diaryl/α,β-unsaturated/α-hetero) is 1. The number of rotatable bonds is 8. The summed E-state index contributed by atoms with van der Waals surface area (Å²) in [6.07, 6.45) is 4.06. The van der Waals surface area contributed by atoms with E-state index in [1.54, 1.807) is 6.08 Å². The molecule has 2 aromatic rings. The summed E-state index contributed by atoms with van der Waals surface area (Å²) < 4.78 is 0. The molecule has 0 bridgehead atoms. The van der Waals surface area contributed by atoms with Crippen molar-refractivity contribution < 1.29 is 19.5 Å². The first-order chi connectivity index (χ1) is 15.5. The van der Waals surface area contributed by atoms with Gasteiger partial charge in [0, 0.05) is 23.9 Å². The van der Waals surface area contributed by atoms with E-state index >= 15 is 0 Å². The second-order valence-corrected chi connectivity index (χ2v) is 9.47.